The Hall–Kier alpha value is -1.85. The van der Waals surface area contributed by atoms with Gasteiger partial charge in [-0.15, -0.1) is 0 Å². The monoisotopic (exact) mass is 834 g/mol. The molecule has 0 aliphatic carbocycles. The number of amides is 1. The Bertz CT molecular complexity index is 1060. The zero-order valence-electron chi connectivity index (χ0n) is 37.7. The molecule has 9 heteroatoms. The fourth-order valence-electron chi connectivity index (χ4n) is 7.51. The molecule has 1 fully saturated rings. The standard InChI is InChI=1S/C50H91NO8/c1-3-5-7-9-11-13-15-17-19-20-21-22-23-24-26-28-30-32-34-36-38-40-46(54)51-43(42-58-50-49(57)48(56)47(55)45(41-52)59-50)44(53)39-37-35-33-31-29-27-25-18-16-14-12-10-8-6-4-2/h19-20,22-23,26,28,32,34,43-45,47-50,52-53,55-57H,3-18,21,24-25,27,29-31,33,35-42H2,1-2H3,(H,51,54)/b20-19+,23-22+,28-26+,34-32+/t43-,44+,45-,47-,48?,49?,50-/m0/s1. The first-order chi connectivity index (χ1) is 28.8. The van der Waals surface area contributed by atoms with E-state index in [2.05, 4.69) is 67.8 Å². The molecule has 1 rings (SSSR count). The molecule has 0 aromatic heterocycles. The molecule has 1 saturated heterocycles. The number of nitrogens with one attached hydrogen (secondary N) is 1. The van der Waals surface area contributed by atoms with Crippen molar-refractivity contribution in [1.82, 2.24) is 5.32 Å². The van der Waals surface area contributed by atoms with Gasteiger partial charge in [0.05, 0.1) is 25.4 Å². The number of carbonyl (C=O) groups is 1. The number of aliphatic hydroxyl groups is 5. The summed E-state index contributed by atoms with van der Waals surface area (Å²) in [4.78, 5) is 13.0. The Labute approximate surface area is 361 Å². The Morgan fingerprint density at radius 3 is 1.47 bits per heavy atom. The van der Waals surface area contributed by atoms with Gasteiger partial charge in [-0.05, 0) is 51.4 Å². The summed E-state index contributed by atoms with van der Waals surface area (Å²) in [6.07, 6.45) is 44.1. The van der Waals surface area contributed by atoms with E-state index >= 15 is 0 Å². The molecule has 0 spiro atoms. The summed E-state index contributed by atoms with van der Waals surface area (Å²) in [5.74, 6) is -0.198. The second kappa shape index (κ2) is 40.2. The first-order valence-corrected chi connectivity index (χ1v) is 24.3. The largest absolute Gasteiger partial charge is 0.394 e. The molecule has 9 nitrogen and oxygen atoms in total. The van der Waals surface area contributed by atoms with Crippen molar-refractivity contribution in [3.8, 4) is 0 Å². The minimum Gasteiger partial charge on any atom is -0.394 e. The molecule has 0 aromatic carbocycles. The molecule has 344 valence electrons. The molecule has 1 amide bonds. The quantitative estimate of drug-likeness (QED) is 0.0264. The number of hydrogen-bond donors (Lipinski definition) is 6. The van der Waals surface area contributed by atoms with E-state index in [1.54, 1.807) is 0 Å². The number of carbonyl (C=O) groups excluding carboxylic acids is 1. The highest BCUT2D eigenvalue weighted by Gasteiger charge is 2.44. The maximum atomic E-state index is 13.0. The van der Waals surface area contributed by atoms with Crippen LogP contribution in [0, 0.1) is 0 Å². The third-order valence-electron chi connectivity index (χ3n) is 11.4. The zero-order valence-corrected chi connectivity index (χ0v) is 37.7. The number of aliphatic hydroxyl groups excluding tert-OH is 5. The van der Waals surface area contributed by atoms with Crippen molar-refractivity contribution in [2.24, 2.45) is 0 Å². The van der Waals surface area contributed by atoms with Gasteiger partial charge in [-0.2, -0.15) is 0 Å². The highest BCUT2D eigenvalue weighted by Crippen LogP contribution is 2.23. The maximum Gasteiger partial charge on any atom is 0.220 e. The molecule has 1 heterocycles. The van der Waals surface area contributed by atoms with Crippen molar-refractivity contribution in [2.75, 3.05) is 13.2 Å². The molecule has 0 radical (unpaired) electrons. The van der Waals surface area contributed by atoms with E-state index in [1.165, 1.54) is 128 Å². The first-order valence-electron chi connectivity index (χ1n) is 24.3. The zero-order chi connectivity index (χ0) is 43.0. The van der Waals surface area contributed by atoms with Crippen LogP contribution in [-0.4, -0.2) is 87.5 Å². The Morgan fingerprint density at radius 1 is 0.576 bits per heavy atom. The predicted molar refractivity (Wildman–Crippen MR) is 244 cm³/mol. The van der Waals surface area contributed by atoms with Crippen LogP contribution in [0.5, 0.6) is 0 Å². The lowest BCUT2D eigenvalue weighted by atomic mass is 9.99. The molecule has 59 heavy (non-hydrogen) atoms. The maximum absolute atomic E-state index is 13.0. The highest BCUT2D eigenvalue weighted by atomic mass is 16.7. The van der Waals surface area contributed by atoms with Crippen LogP contribution in [-0.2, 0) is 14.3 Å². The molecule has 6 N–H and O–H groups in total. The molecule has 1 aliphatic heterocycles. The summed E-state index contributed by atoms with van der Waals surface area (Å²) in [6, 6.07) is -0.748. The number of hydrogen-bond acceptors (Lipinski definition) is 8. The van der Waals surface area contributed by atoms with Crippen LogP contribution in [0.4, 0.5) is 0 Å². The topological polar surface area (TPSA) is 149 Å². The summed E-state index contributed by atoms with van der Waals surface area (Å²) in [5, 5.41) is 54.4. The third-order valence-corrected chi connectivity index (χ3v) is 11.4. The lowest BCUT2D eigenvalue weighted by Gasteiger charge is -2.40. The van der Waals surface area contributed by atoms with Gasteiger partial charge < -0.3 is 40.3 Å². The van der Waals surface area contributed by atoms with Gasteiger partial charge in [0.25, 0.3) is 0 Å². The van der Waals surface area contributed by atoms with Crippen molar-refractivity contribution < 1.29 is 39.8 Å². The average molecular weight is 834 g/mol. The van der Waals surface area contributed by atoms with Crippen molar-refractivity contribution >= 4 is 5.91 Å². The lowest BCUT2D eigenvalue weighted by molar-refractivity contribution is -0.302. The number of ether oxygens (including phenoxy) is 2. The first kappa shape index (κ1) is 55.2. The van der Waals surface area contributed by atoms with Gasteiger partial charge in [-0.3, -0.25) is 4.79 Å². The fraction of sp³-hybridized carbons (Fsp3) is 0.820. The van der Waals surface area contributed by atoms with Gasteiger partial charge in [0, 0.05) is 6.42 Å². The molecule has 1 aliphatic rings. The minimum absolute atomic E-state index is 0.161. The van der Waals surface area contributed by atoms with E-state index in [4.69, 9.17) is 9.47 Å². The van der Waals surface area contributed by atoms with Crippen LogP contribution < -0.4 is 5.32 Å². The minimum atomic E-state index is -1.56. The van der Waals surface area contributed by atoms with E-state index < -0.39 is 49.5 Å². The van der Waals surface area contributed by atoms with Crippen molar-refractivity contribution in [2.45, 2.75) is 249 Å². The van der Waals surface area contributed by atoms with Gasteiger partial charge in [0.15, 0.2) is 6.29 Å². The third kappa shape index (κ3) is 30.8. The summed E-state index contributed by atoms with van der Waals surface area (Å²) >= 11 is 0. The fourth-order valence-corrected chi connectivity index (χ4v) is 7.51. The van der Waals surface area contributed by atoms with Gasteiger partial charge >= 0.3 is 0 Å². The van der Waals surface area contributed by atoms with Gasteiger partial charge in [-0.25, -0.2) is 0 Å². The predicted octanol–water partition coefficient (Wildman–Crippen LogP) is 10.6. The summed E-state index contributed by atoms with van der Waals surface area (Å²) in [5.41, 5.74) is 0. The second-order valence-electron chi connectivity index (χ2n) is 16.9. The molecular weight excluding hydrogens is 743 g/mol. The average Bonchev–Trinajstić information content (AvgIpc) is 3.23. The van der Waals surface area contributed by atoms with Gasteiger partial charge in [0.2, 0.25) is 5.91 Å². The Morgan fingerprint density at radius 2 is 1.00 bits per heavy atom. The summed E-state index contributed by atoms with van der Waals surface area (Å²) in [6.45, 7) is 3.80. The van der Waals surface area contributed by atoms with E-state index in [1.807, 2.05) is 0 Å². The Kier molecular flexibility index (Phi) is 37.6. The van der Waals surface area contributed by atoms with Crippen LogP contribution in [0.25, 0.3) is 0 Å². The van der Waals surface area contributed by atoms with Gasteiger partial charge in [0.1, 0.15) is 24.4 Å². The van der Waals surface area contributed by atoms with E-state index in [9.17, 15) is 30.3 Å². The van der Waals surface area contributed by atoms with Crippen LogP contribution in [0.15, 0.2) is 48.6 Å². The van der Waals surface area contributed by atoms with Crippen LogP contribution >= 0.6 is 0 Å². The van der Waals surface area contributed by atoms with Crippen molar-refractivity contribution in [3.05, 3.63) is 48.6 Å². The normalized spacial score (nSPS) is 21.1. The molecule has 0 saturated carbocycles. The Balaban J connectivity index is 2.36. The molecule has 0 bridgehead atoms. The van der Waals surface area contributed by atoms with Crippen LogP contribution in [0.3, 0.4) is 0 Å². The number of rotatable bonds is 40. The molecule has 7 atom stereocenters. The van der Waals surface area contributed by atoms with Crippen LogP contribution in [0.1, 0.15) is 206 Å². The highest BCUT2D eigenvalue weighted by molar-refractivity contribution is 5.76. The van der Waals surface area contributed by atoms with Gasteiger partial charge in [-0.1, -0.05) is 197 Å². The second-order valence-corrected chi connectivity index (χ2v) is 16.9. The SMILES string of the molecule is CCCCCCCCC/C=C/C/C=C/C/C=C/C/C=C/CCCC(=O)N[C@@H](CO[C@H]1O[C@@H](CO)[C@H](O)C(O)C1O)[C@H](O)CCCCCCCCCCCCCCCCC. The van der Waals surface area contributed by atoms with Crippen molar-refractivity contribution in [3.63, 3.8) is 0 Å². The summed E-state index contributed by atoms with van der Waals surface area (Å²) < 4.78 is 11.2. The molecule has 0 aromatic rings. The molecular formula is C50H91NO8. The van der Waals surface area contributed by atoms with Crippen molar-refractivity contribution in [1.29, 1.82) is 0 Å². The molecule has 2 unspecified atom stereocenters. The lowest BCUT2D eigenvalue weighted by Crippen LogP contribution is -2.60. The number of allylic oxidation sites excluding steroid dienone is 8. The van der Waals surface area contributed by atoms with E-state index in [0.29, 0.717) is 19.3 Å². The van der Waals surface area contributed by atoms with E-state index in [0.717, 1.165) is 44.9 Å². The van der Waals surface area contributed by atoms with Crippen LogP contribution in [0.2, 0.25) is 0 Å². The smallest absolute Gasteiger partial charge is 0.220 e. The summed E-state index contributed by atoms with van der Waals surface area (Å²) in [7, 11) is 0. The van der Waals surface area contributed by atoms with E-state index in [-0.39, 0.29) is 12.5 Å². The number of unbranched alkanes of at least 4 members (excludes halogenated alkanes) is 22.